The highest BCUT2D eigenvalue weighted by Crippen LogP contribution is 2.26. The summed E-state index contributed by atoms with van der Waals surface area (Å²) in [6, 6.07) is 14.4. The van der Waals surface area contributed by atoms with Gasteiger partial charge in [-0.15, -0.1) is 21.5 Å². The first-order valence-electron chi connectivity index (χ1n) is 7.95. The number of benzene rings is 1. The van der Waals surface area contributed by atoms with Crippen molar-refractivity contribution in [2.45, 2.75) is 11.7 Å². The van der Waals surface area contributed by atoms with E-state index >= 15 is 0 Å². The Morgan fingerprint density at radius 2 is 1.92 bits per heavy atom. The van der Waals surface area contributed by atoms with Gasteiger partial charge in [-0.25, -0.2) is 0 Å². The van der Waals surface area contributed by atoms with Gasteiger partial charge in [0.25, 0.3) is 0 Å². The highest BCUT2D eigenvalue weighted by molar-refractivity contribution is 7.99. The lowest BCUT2D eigenvalue weighted by Gasteiger charge is -2.03. The third-order valence-electron chi connectivity index (χ3n) is 3.87. The Morgan fingerprint density at radius 1 is 1.04 bits per heavy atom. The average Bonchev–Trinajstić information content (AvgIpc) is 3.38. The Balaban J connectivity index is 1.38. The number of hydrogen-bond donors (Lipinski definition) is 0. The number of aromatic nitrogens is 5. The molecule has 0 aliphatic rings. The molecule has 0 amide bonds. The molecule has 3 aromatic heterocycles. The van der Waals surface area contributed by atoms with Crippen LogP contribution in [0.25, 0.3) is 21.8 Å². The largest absolute Gasteiger partial charge is 0.304 e. The van der Waals surface area contributed by atoms with E-state index in [1.807, 2.05) is 42.2 Å². The summed E-state index contributed by atoms with van der Waals surface area (Å²) in [4.78, 5) is 1.14. The van der Waals surface area contributed by atoms with Gasteiger partial charge in [-0.05, 0) is 17.0 Å². The standard InChI is InChI=1S/C18H17N5S2/c1-22-17(16-8-5-10-24-16)20-21-18(22)25-11-9-23-13-15(12-19-23)14-6-3-2-4-7-14/h2-8,10,12-13H,9,11H2,1H3. The molecule has 0 atom stereocenters. The fourth-order valence-corrected chi connectivity index (χ4v) is 4.14. The fraction of sp³-hybridized carbons (Fsp3) is 0.167. The van der Waals surface area contributed by atoms with E-state index < -0.39 is 0 Å². The average molecular weight is 368 g/mol. The van der Waals surface area contributed by atoms with Crippen molar-refractivity contribution in [2.75, 3.05) is 5.75 Å². The Hall–Kier alpha value is -2.38. The fourth-order valence-electron chi connectivity index (χ4n) is 2.56. The molecule has 0 spiro atoms. The van der Waals surface area contributed by atoms with Crippen LogP contribution in [-0.2, 0) is 13.6 Å². The minimum atomic E-state index is 0.832. The van der Waals surface area contributed by atoms with E-state index in [0.717, 1.165) is 33.7 Å². The molecule has 7 heteroatoms. The van der Waals surface area contributed by atoms with Crippen molar-refractivity contribution in [3.05, 3.63) is 60.2 Å². The van der Waals surface area contributed by atoms with Crippen LogP contribution in [0.2, 0.25) is 0 Å². The lowest BCUT2D eigenvalue weighted by molar-refractivity contribution is 0.664. The maximum absolute atomic E-state index is 4.45. The molecule has 3 heterocycles. The molecule has 25 heavy (non-hydrogen) atoms. The molecule has 126 valence electrons. The second-order valence-electron chi connectivity index (χ2n) is 5.55. The highest BCUT2D eigenvalue weighted by atomic mass is 32.2. The summed E-state index contributed by atoms with van der Waals surface area (Å²) in [6.07, 6.45) is 4.00. The van der Waals surface area contributed by atoms with E-state index in [4.69, 9.17) is 0 Å². The Kier molecular flexibility index (Phi) is 4.67. The molecule has 0 unspecified atom stereocenters. The van der Waals surface area contributed by atoms with Crippen molar-refractivity contribution in [2.24, 2.45) is 7.05 Å². The topological polar surface area (TPSA) is 48.5 Å². The Morgan fingerprint density at radius 3 is 2.72 bits per heavy atom. The predicted molar refractivity (Wildman–Crippen MR) is 103 cm³/mol. The number of rotatable bonds is 6. The van der Waals surface area contributed by atoms with Crippen LogP contribution >= 0.6 is 23.1 Å². The molecule has 0 fully saturated rings. The molecule has 0 bridgehead atoms. The van der Waals surface area contributed by atoms with E-state index in [1.54, 1.807) is 23.1 Å². The van der Waals surface area contributed by atoms with Gasteiger partial charge < -0.3 is 4.57 Å². The van der Waals surface area contributed by atoms with E-state index in [9.17, 15) is 0 Å². The molecular weight excluding hydrogens is 350 g/mol. The van der Waals surface area contributed by atoms with Crippen LogP contribution in [0.4, 0.5) is 0 Å². The van der Waals surface area contributed by atoms with Gasteiger partial charge >= 0.3 is 0 Å². The van der Waals surface area contributed by atoms with Crippen LogP contribution in [-0.4, -0.2) is 30.3 Å². The second-order valence-corrected chi connectivity index (χ2v) is 7.56. The first kappa shape index (κ1) is 16.1. The quantitative estimate of drug-likeness (QED) is 0.479. The Labute approximate surface area is 154 Å². The zero-order chi connectivity index (χ0) is 17.1. The molecule has 5 nitrogen and oxygen atoms in total. The molecule has 4 rings (SSSR count). The number of nitrogens with zero attached hydrogens (tertiary/aromatic N) is 5. The van der Waals surface area contributed by atoms with Crippen LogP contribution in [0, 0.1) is 0 Å². The zero-order valence-corrected chi connectivity index (χ0v) is 15.4. The molecule has 0 saturated carbocycles. The van der Waals surface area contributed by atoms with Gasteiger partial charge in [-0.1, -0.05) is 48.2 Å². The lowest BCUT2D eigenvalue weighted by Crippen LogP contribution is -2.02. The van der Waals surface area contributed by atoms with E-state index in [1.165, 1.54) is 5.56 Å². The third kappa shape index (κ3) is 3.52. The first-order valence-corrected chi connectivity index (χ1v) is 9.82. The van der Waals surface area contributed by atoms with Gasteiger partial charge in [0, 0.05) is 24.6 Å². The molecule has 0 saturated heterocycles. The molecule has 0 aliphatic heterocycles. The van der Waals surface area contributed by atoms with Crippen LogP contribution in [0.1, 0.15) is 0 Å². The van der Waals surface area contributed by atoms with Gasteiger partial charge in [0.2, 0.25) is 0 Å². The predicted octanol–water partition coefficient (Wildman–Crippen LogP) is 4.20. The maximum Gasteiger partial charge on any atom is 0.191 e. The summed E-state index contributed by atoms with van der Waals surface area (Å²) in [7, 11) is 2.01. The van der Waals surface area contributed by atoms with Crippen LogP contribution in [0.15, 0.2) is 65.4 Å². The molecular formula is C18H17N5S2. The minimum absolute atomic E-state index is 0.832. The van der Waals surface area contributed by atoms with Gasteiger partial charge in [0.15, 0.2) is 11.0 Å². The number of hydrogen-bond acceptors (Lipinski definition) is 5. The number of thiophene rings is 1. The van der Waals surface area contributed by atoms with Crippen molar-refractivity contribution in [3.63, 3.8) is 0 Å². The van der Waals surface area contributed by atoms with E-state index in [-0.39, 0.29) is 0 Å². The second kappa shape index (κ2) is 7.25. The third-order valence-corrected chi connectivity index (χ3v) is 5.73. The molecule has 1 aromatic carbocycles. The summed E-state index contributed by atoms with van der Waals surface area (Å²) >= 11 is 3.38. The van der Waals surface area contributed by atoms with E-state index in [2.05, 4.69) is 49.6 Å². The van der Waals surface area contributed by atoms with E-state index in [0.29, 0.717) is 0 Å². The van der Waals surface area contributed by atoms with Crippen LogP contribution < -0.4 is 0 Å². The van der Waals surface area contributed by atoms with Crippen molar-refractivity contribution in [1.29, 1.82) is 0 Å². The van der Waals surface area contributed by atoms with Crippen molar-refractivity contribution in [1.82, 2.24) is 24.5 Å². The molecule has 0 N–H and O–H groups in total. The summed E-state index contributed by atoms with van der Waals surface area (Å²) in [6.45, 7) is 0.832. The van der Waals surface area contributed by atoms with Gasteiger partial charge in [-0.2, -0.15) is 5.10 Å². The highest BCUT2D eigenvalue weighted by Gasteiger charge is 2.11. The monoisotopic (exact) mass is 367 g/mol. The van der Waals surface area contributed by atoms with Crippen LogP contribution in [0.3, 0.4) is 0 Å². The SMILES string of the molecule is Cn1c(SCCn2cc(-c3ccccc3)cn2)nnc1-c1cccs1. The maximum atomic E-state index is 4.45. The first-order chi connectivity index (χ1) is 12.3. The lowest BCUT2D eigenvalue weighted by atomic mass is 10.1. The van der Waals surface area contributed by atoms with Gasteiger partial charge in [0.1, 0.15) is 0 Å². The van der Waals surface area contributed by atoms with Gasteiger partial charge in [-0.3, -0.25) is 4.68 Å². The van der Waals surface area contributed by atoms with Crippen molar-refractivity contribution >= 4 is 23.1 Å². The molecule has 0 aliphatic carbocycles. The van der Waals surface area contributed by atoms with Crippen molar-refractivity contribution < 1.29 is 0 Å². The smallest absolute Gasteiger partial charge is 0.191 e. The summed E-state index contributed by atoms with van der Waals surface area (Å²) < 4.78 is 4.03. The zero-order valence-electron chi connectivity index (χ0n) is 13.7. The summed E-state index contributed by atoms with van der Waals surface area (Å²) in [5.41, 5.74) is 2.33. The number of thioether (sulfide) groups is 1. The van der Waals surface area contributed by atoms with Crippen LogP contribution in [0.5, 0.6) is 0 Å². The molecule has 4 aromatic rings. The summed E-state index contributed by atoms with van der Waals surface area (Å²) in [5.74, 6) is 1.81. The van der Waals surface area contributed by atoms with Gasteiger partial charge in [0.05, 0.1) is 17.6 Å². The Bertz CT molecular complexity index is 941. The molecule has 0 radical (unpaired) electrons. The normalized spacial score (nSPS) is 11.1. The minimum Gasteiger partial charge on any atom is -0.304 e. The summed E-state index contributed by atoms with van der Waals surface area (Å²) in [5, 5.41) is 16.1. The van der Waals surface area contributed by atoms with Crippen molar-refractivity contribution in [3.8, 4) is 21.8 Å². The number of aryl methyl sites for hydroxylation is 1.